The van der Waals surface area contributed by atoms with Crippen LogP contribution in [0.25, 0.3) is 0 Å². The van der Waals surface area contributed by atoms with Gasteiger partial charge in [-0.2, -0.15) is 0 Å². The smallest absolute Gasteiger partial charge is 0.306 e. The summed E-state index contributed by atoms with van der Waals surface area (Å²) in [6.45, 7) is -0.416. The number of hydrogen-bond acceptors (Lipinski definition) is 7. The van der Waals surface area contributed by atoms with Crippen LogP contribution in [-0.2, 0) is 20.7 Å². The molecule has 2 N–H and O–H groups in total. The number of aryl methyl sites for hydroxylation is 1. The number of esters is 1. The average Bonchev–Trinajstić information content (AvgIpc) is 2.91. The number of nitrogens with one attached hydrogen (secondary N) is 2. The molecule has 3 aromatic rings. The number of rotatable bonds is 11. The van der Waals surface area contributed by atoms with Crippen LogP contribution in [0.2, 0.25) is 0 Å². The maximum atomic E-state index is 12.5. The Morgan fingerprint density at radius 2 is 1.44 bits per heavy atom. The van der Waals surface area contributed by atoms with Gasteiger partial charge in [0.05, 0.1) is 27.0 Å². The molecule has 0 atom stereocenters. The summed E-state index contributed by atoms with van der Waals surface area (Å²) in [5, 5.41) is 5.42. The van der Waals surface area contributed by atoms with Crippen LogP contribution in [0.5, 0.6) is 17.2 Å². The molecule has 0 aliphatic rings. The van der Waals surface area contributed by atoms with Crippen LogP contribution in [0.3, 0.4) is 0 Å². The van der Waals surface area contributed by atoms with E-state index in [4.69, 9.17) is 18.9 Å². The van der Waals surface area contributed by atoms with E-state index < -0.39 is 18.5 Å². The minimum atomic E-state index is -0.497. The Morgan fingerprint density at radius 3 is 2.14 bits per heavy atom. The number of hydrogen-bond donors (Lipinski definition) is 2. The zero-order valence-corrected chi connectivity index (χ0v) is 20.3. The van der Waals surface area contributed by atoms with Crippen LogP contribution in [-0.4, -0.2) is 45.7 Å². The van der Waals surface area contributed by atoms with Gasteiger partial charge in [0.2, 0.25) is 0 Å². The van der Waals surface area contributed by atoms with Crippen molar-refractivity contribution in [2.75, 3.05) is 38.6 Å². The standard InChI is InChI=1S/C27H28N2O7/c1-33-22-7-5-4-6-21(22)29-27(32)19-10-12-20(13-11-19)28-25(30)17-36-26(31)15-9-18-8-14-23(34-2)24(16-18)35-3/h4-8,10-14,16H,9,15,17H2,1-3H3,(H,28,30)(H,29,32). The molecule has 0 radical (unpaired) electrons. The highest BCUT2D eigenvalue weighted by Crippen LogP contribution is 2.28. The van der Waals surface area contributed by atoms with E-state index in [0.29, 0.717) is 40.6 Å². The van der Waals surface area contributed by atoms with Gasteiger partial charge in [-0.05, 0) is 60.5 Å². The summed E-state index contributed by atoms with van der Waals surface area (Å²) in [7, 11) is 4.62. The molecule has 0 aliphatic heterocycles. The zero-order valence-electron chi connectivity index (χ0n) is 20.3. The first kappa shape index (κ1) is 26.1. The molecule has 0 aliphatic carbocycles. The number of ether oxygens (including phenoxy) is 4. The highest BCUT2D eigenvalue weighted by atomic mass is 16.5. The quantitative estimate of drug-likeness (QED) is 0.388. The average molecular weight is 493 g/mol. The Balaban J connectivity index is 1.44. The number of benzene rings is 3. The highest BCUT2D eigenvalue weighted by molar-refractivity contribution is 6.05. The van der Waals surface area contributed by atoms with Gasteiger partial charge in [-0.3, -0.25) is 14.4 Å². The lowest BCUT2D eigenvalue weighted by Crippen LogP contribution is -2.21. The van der Waals surface area contributed by atoms with Gasteiger partial charge in [0.25, 0.3) is 11.8 Å². The summed E-state index contributed by atoms with van der Waals surface area (Å²) in [6.07, 6.45) is 0.540. The Bertz CT molecular complexity index is 1210. The molecule has 3 rings (SSSR count). The summed E-state index contributed by atoms with van der Waals surface area (Å²) in [5.74, 6) is 0.425. The molecule has 0 fully saturated rings. The van der Waals surface area contributed by atoms with E-state index >= 15 is 0 Å². The highest BCUT2D eigenvalue weighted by Gasteiger charge is 2.12. The normalized spacial score (nSPS) is 10.2. The van der Waals surface area contributed by atoms with E-state index in [1.165, 1.54) is 7.11 Å². The van der Waals surface area contributed by atoms with Crippen molar-refractivity contribution in [1.29, 1.82) is 0 Å². The SMILES string of the molecule is COc1ccccc1NC(=O)c1ccc(NC(=O)COC(=O)CCc2ccc(OC)c(OC)c2)cc1. The lowest BCUT2D eigenvalue weighted by molar-refractivity contribution is -0.147. The van der Waals surface area contributed by atoms with Gasteiger partial charge >= 0.3 is 5.97 Å². The molecule has 9 heteroatoms. The molecule has 0 bridgehead atoms. The van der Waals surface area contributed by atoms with E-state index in [0.717, 1.165) is 5.56 Å². The van der Waals surface area contributed by atoms with Crippen LogP contribution in [0.1, 0.15) is 22.3 Å². The van der Waals surface area contributed by atoms with Crippen molar-refractivity contribution in [3.63, 3.8) is 0 Å². The van der Waals surface area contributed by atoms with E-state index in [1.54, 1.807) is 68.8 Å². The van der Waals surface area contributed by atoms with Gasteiger partial charge in [0, 0.05) is 17.7 Å². The summed E-state index contributed by atoms with van der Waals surface area (Å²) >= 11 is 0. The zero-order chi connectivity index (χ0) is 25.9. The summed E-state index contributed by atoms with van der Waals surface area (Å²) in [5.41, 5.74) is 2.30. The Morgan fingerprint density at radius 1 is 0.750 bits per heavy atom. The van der Waals surface area contributed by atoms with E-state index in [1.807, 2.05) is 12.1 Å². The Hall–Kier alpha value is -4.53. The maximum Gasteiger partial charge on any atom is 0.306 e. The number of para-hydroxylation sites is 2. The first-order valence-electron chi connectivity index (χ1n) is 11.1. The third kappa shape index (κ3) is 7.23. The molecule has 0 aromatic heterocycles. The fourth-order valence-corrected chi connectivity index (χ4v) is 3.35. The van der Waals surface area contributed by atoms with Gasteiger partial charge in [-0.15, -0.1) is 0 Å². The van der Waals surface area contributed by atoms with Crippen molar-refractivity contribution >= 4 is 29.2 Å². The van der Waals surface area contributed by atoms with Gasteiger partial charge in [0.1, 0.15) is 5.75 Å². The second-order valence-electron chi connectivity index (χ2n) is 7.63. The van der Waals surface area contributed by atoms with Crippen molar-refractivity contribution in [2.24, 2.45) is 0 Å². The van der Waals surface area contributed by atoms with Gasteiger partial charge in [-0.1, -0.05) is 18.2 Å². The number of anilines is 2. The van der Waals surface area contributed by atoms with Crippen molar-refractivity contribution < 1.29 is 33.3 Å². The van der Waals surface area contributed by atoms with Crippen LogP contribution < -0.4 is 24.8 Å². The topological polar surface area (TPSA) is 112 Å². The molecular formula is C27H28N2O7. The van der Waals surface area contributed by atoms with Crippen LogP contribution in [0, 0.1) is 0 Å². The first-order valence-corrected chi connectivity index (χ1v) is 11.1. The summed E-state index contributed by atoms with van der Waals surface area (Å²) in [4.78, 5) is 36.7. The number of carbonyl (C=O) groups is 3. The van der Waals surface area contributed by atoms with Crippen LogP contribution in [0.4, 0.5) is 11.4 Å². The molecule has 3 aromatic carbocycles. The van der Waals surface area contributed by atoms with Crippen molar-refractivity contribution in [3.05, 3.63) is 77.9 Å². The third-order valence-electron chi connectivity index (χ3n) is 5.22. The molecule has 0 heterocycles. The minimum absolute atomic E-state index is 0.110. The van der Waals surface area contributed by atoms with E-state index in [-0.39, 0.29) is 12.3 Å². The maximum absolute atomic E-state index is 12.5. The van der Waals surface area contributed by atoms with Gasteiger partial charge in [-0.25, -0.2) is 0 Å². The molecule has 188 valence electrons. The largest absolute Gasteiger partial charge is 0.495 e. The Labute approximate surface area is 209 Å². The molecule has 0 unspecified atom stereocenters. The van der Waals surface area contributed by atoms with Gasteiger partial charge in [0.15, 0.2) is 18.1 Å². The number of carbonyl (C=O) groups excluding carboxylic acids is 3. The predicted octanol–water partition coefficient (Wildman–Crippen LogP) is 4.08. The lowest BCUT2D eigenvalue weighted by Gasteiger charge is -2.11. The van der Waals surface area contributed by atoms with Crippen molar-refractivity contribution in [1.82, 2.24) is 0 Å². The molecule has 0 spiro atoms. The second-order valence-corrected chi connectivity index (χ2v) is 7.63. The van der Waals surface area contributed by atoms with Crippen molar-refractivity contribution in [2.45, 2.75) is 12.8 Å². The third-order valence-corrected chi connectivity index (χ3v) is 5.22. The first-order chi connectivity index (χ1) is 17.4. The van der Waals surface area contributed by atoms with Crippen molar-refractivity contribution in [3.8, 4) is 17.2 Å². The predicted molar refractivity (Wildman–Crippen MR) is 135 cm³/mol. The molecule has 2 amide bonds. The lowest BCUT2D eigenvalue weighted by atomic mass is 10.1. The second kappa shape index (κ2) is 12.8. The van der Waals surface area contributed by atoms with Crippen LogP contribution in [0.15, 0.2) is 66.7 Å². The number of amides is 2. The Kier molecular flexibility index (Phi) is 9.27. The monoisotopic (exact) mass is 492 g/mol. The molecule has 9 nitrogen and oxygen atoms in total. The summed E-state index contributed by atoms with van der Waals surface area (Å²) in [6, 6.07) is 18.8. The van der Waals surface area contributed by atoms with Crippen LogP contribution >= 0.6 is 0 Å². The molecule has 0 saturated carbocycles. The van der Waals surface area contributed by atoms with E-state index in [9.17, 15) is 14.4 Å². The molecular weight excluding hydrogens is 464 g/mol. The van der Waals surface area contributed by atoms with E-state index in [2.05, 4.69) is 10.6 Å². The van der Waals surface area contributed by atoms with Gasteiger partial charge < -0.3 is 29.6 Å². The fraction of sp³-hybridized carbons (Fsp3) is 0.222. The molecule has 36 heavy (non-hydrogen) atoms. The fourth-order valence-electron chi connectivity index (χ4n) is 3.35. The number of methoxy groups -OCH3 is 3. The minimum Gasteiger partial charge on any atom is -0.495 e. The molecule has 0 saturated heterocycles. The summed E-state index contributed by atoms with van der Waals surface area (Å²) < 4.78 is 20.7.